The highest BCUT2D eigenvalue weighted by Crippen LogP contribution is 2.17. The minimum Gasteiger partial charge on any atom is -0.383 e. The lowest BCUT2D eigenvalue weighted by Crippen LogP contribution is -2.35. The average molecular weight is 265 g/mol. The maximum Gasteiger partial charge on any atom is 0.241 e. The Balaban J connectivity index is 2.77. The molecule has 0 atom stereocenters. The zero-order valence-corrected chi connectivity index (χ0v) is 12.2. The molecule has 0 saturated carbocycles. The van der Waals surface area contributed by atoms with Crippen LogP contribution in [0.1, 0.15) is 32.2 Å². The first kappa shape index (κ1) is 15.2. The molecular weight excluding hydrogens is 242 g/mol. The van der Waals surface area contributed by atoms with Crippen LogP contribution < -0.4 is 11.1 Å². The third-order valence-electron chi connectivity index (χ3n) is 3.07. The molecule has 0 radical (unpaired) electrons. The Kier molecular flexibility index (Phi) is 5.54. The van der Waals surface area contributed by atoms with Crippen molar-refractivity contribution < 1.29 is 4.79 Å². The lowest BCUT2D eigenvalue weighted by molar-refractivity contribution is -0.128. The molecule has 1 aromatic heterocycles. The van der Waals surface area contributed by atoms with Crippen LogP contribution in [-0.4, -0.2) is 40.4 Å². The monoisotopic (exact) mass is 265 g/mol. The van der Waals surface area contributed by atoms with Crippen molar-refractivity contribution in [2.24, 2.45) is 0 Å². The second kappa shape index (κ2) is 6.92. The third kappa shape index (κ3) is 3.81. The fraction of sp³-hybridized carbons (Fsp3) is 0.615. The molecule has 0 aliphatic heterocycles. The van der Waals surface area contributed by atoms with Crippen LogP contribution in [0.3, 0.4) is 0 Å². The van der Waals surface area contributed by atoms with Gasteiger partial charge in [0.25, 0.3) is 0 Å². The van der Waals surface area contributed by atoms with E-state index in [0.29, 0.717) is 37.0 Å². The molecule has 106 valence electrons. The lowest BCUT2D eigenvalue weighted by Gasteiger charge is -2.19. The first-order valence-corrected chi connectivity index (χ1v) is 6.68. The number of rotatable bonds is 6. The van der Waals surface area contributed by atoms with Crippen molar-refractivity contribution in [3.05, 3.63) is 11.4 Å². The van der Waals surface area contributed by atoms with Crippen LogP contribution >= 0.6 is 0 Å². The minimum atomic E-state index is 0.0552. The van der Waals surface area contributed by atoms with Crippen molar-refractivity contribution in [1.29, 1.82) is 0 Å². The van der Waals surface area contributed by atoms with E-state index >= 15 is 0 Å². The number of carbonyl (C=O) groups is 1. The van der Waals surface area contributed by atoms with Gasteiger partial charge in [-0.3, -0.25) is 4.79 Å². The Morgan fingerprint density at radius 2 is 1.89 bits per heavy atom. The van der Waals surface area contributed by atoms with Crippen molar-refractivity contribution in [2.45, 2.75) is 34.1 Å². The number of nitrogen functional groups attached to an aromatic ring is 1. The van der Waals surface area contributed by atoms with E-state index in [1.807, 2.05) is 27.7 Å². The van der Waals surface area contributed by atoms with E-state index in [2.05, 4.69) is 15.3 Å². The largest absolute Gasteiger partial charge is 0.383 e. The molecular formula is C13H23N5O. The van der Waals surface area contributed by atoms with Crippen molar-refractivity contribution in [3.63, 3.8) is 0 Å². The second-order valence-corrected chi connectivity index (χ2v) is 4.27. The van der Waals surface area contributed by atoms with Gasteiger partial charge in [-0.15, -0.1) is 0 Å². The summed E-state index contributed by atoms with van der Waals surface area (Å²) in [4.78, 5) is 22.2. The van der Waals surface area contributed by atoms with E-state index in [1.54, 1.807) is 4.90 Å². The van der Waals surface area contributed by atoms with E-state index in [-0.39, 0.29) is 12.5 Å². The number of nitrogens with zero attached hydrogens (tertiary/aromatic N) is 3. The molecule has 1 aromatic rings. The minimum absolute atomic E-state index is 0.0552. The number of nitrogens with two attached hydrogens (primary N) is 1. The highest BCUT2D eigenvalue weighted by molar-refractivity contribution is 5.81. The maximum atomic E-state index is 11.9. The maximum absolute atomic E-state index is 11.9. The number of hydrogen-bond donors (Lipinski definition) is 2. The molecule has 19 heavy (non-hydrogen) atoms. The molecule has 0 bridgehead atoms. The summed E-state index contributed by atoms with van der Waals surface area (Å²) in [5, 5.41) is 3.06. The molecule has 0 spiro atoms. The number of likely N-dealkylation sites (N-methyl/N-ethyl adjacent to an activating group) is 1. The first-order chi connectivity index (χ1) is 9.03. The van der Waals surface area contributed by atoms with Gasteiger partial charge in [-0.1, -0.05) is 6.92 Å². The lowest BCUT2D eigenvalue weighted by atomic mass is 10.3. The third-order valence-corrected chi connectivity index (χ3v) is 3.07. The Morgan fingerprint density at radius 1 is 1.26 bits per heavy atom. The van der Waals surface area contributed by atoms with Gasteiger partial charge in [-0.05, 0) is 20.8 Å². The van der Waals surface area contributed by atoms with Crippen LogP contribution in [0.5, 0.6) is 0 Å². The zero-order chi connectivity index (χ0) is 14.4. The average Bonchev–Trinajstić information content (AvgIpc) is 2.41. The predicted molar refractivity (Wildman–Crippen MR) is 77.0 cm³/mol. The summed E-state index contributed by atoms with van der Waals surface area (Å²) in [6.07, 6.45) is 0.711. The van der Waals surface area contributed by atoms with Crippen LogP contribution in [0.15, 0.2) is 0 Å². The number of aryl methyl sites for hydroxylation is 1. The van der Waals surface area contributed by atoms with Crippen molar-refractivity contribution in [3.8, 4) is 0 Å². The van der Waals surface area contributed by atoms with Crippen LogP contribution in [0.25, 0.3) is 0 Å². The molecule has 0 saturated heterocycles. The van der Waals surface area contributed by atoms with Gasteiger partial charge in [0, 0.05) is 25.1 Å². The SMILES string of the molecule is CCc1nc(N)c(C)c(NCC(=O)N(CC)CC)n1. The molecule has 0 aromatic carbocycles. The van der Waals surface area contributed by atoms with Crippen LogP contribution in [-0.2, 0) is 11.2 Å². The summed E-state index contributed by atoms with van der Waals surface area (Å²) in [7, 11) is 0. The van der Waals surface area contributed by atoms with Gasteiger partial charge in [-0.2, -0.15) is 0 Å². The predicted octanol–water partition coefficient (Wildman–Crippen LogP) is 1.21. The van der Waals surface area contributed by atoms with Crippen molar-refractivity contribution in [2.75, 3.05) is 30.7 Å². The number of anilines is 2. The fourth-order valence-electron chi connectivity index (χ4n) is 1.76. The van der Waals surface area contributed by atoms with Gasteiger partial charge in [0.1, 0.15) is 17.5 Å². The zero-order valence-electron chi connectivity index (χ0n) is 12.2. The van der Waals surface area contributed by atoms with E-state index < -0.39 is 0 Å². The fourth-order valence-corrected chi connectivity index (χ4v) is 1.76. The number of amides is 1. The summed E-state index contributed by atoms with van der Waals surface area (Å²) >= 11 is 0. The van der Waals surface area contributed by atoms with E-state index in [0.717, 1.165) is 5.56 Å². The summed E-state index contributed by atoms with van der Waals surface area (Å²) in [5.74, 6) is 1.84. The van der Waals surface area contributed by atoms with E-state index in [1.165, 1.54) is 0 Å². The molecule has 0 aliphatic carbocycles. The molecule has 0 aliphatic rings. The molecule has 3 N–H and O–H groups in total. The van der Waals surface area contributed by atoms with Crippen LogP contribution in [0, 0.1) is 6.92 Å². The molecule has 0 unspecified atom stereocenters. The number of aromatic nitrogens is 2. The second-order valence-electron chi connectivity index (χ2n) is 4.27. The van der Waals surface area contributed by atoms with Crippen molar-refractivity contribution in [1.82, 2.24) is 14.9 Å². The first-order valence-electron chi connectivity index (χ1n) is 6.68. The summed E-state index contributed by atoms with van der Waals surface area (Å²) in [6, 6.07) is 0. The highest BCUT2D eigenvalue weighted by atomic mass is 16.2. The van der Waals surface area contributed by atoms with Gasteiger partial charge in [0.05, 0.1) is 6.54 Å². The smallest absolute Gasteiger partial charge is 0.241 e. The molecule has 1 heterocycles. The topological polar surface area (TPSA) is 84.1 Å². The number of carbonyl (C=O) groups excluding carboxylic acids is 1. The van der Waals surface area contributed by atoms with Crippen LogP contribution in [0.2, 0.25) is 0 Å². The van der Waals surface area contributed by atoms with Crippen molar-refractivity contribution >= 4 is 17.5 Å². The van der Waals surface area contributed by atoms with Gasteiger partial charge in [0.15, 0.2) is 0 Å². The van der Waals surface area contributed by atoms with Crippen LogP contribution in [0.4, 0.5) is 11.6 Å². The highest BCUT2D eigenvalue weighted by Gasteiger charge is 2.12. The summed E-state index contributed by atoms with van der Waals surface area (Å²) in [5.41, 5.74) is 6.61. The van der Waals surface area contributed by atoms with Gasteiger partial charge in [-0.25, -0.2) is 9.97 Å². The van der Waals surface area contributed by atoms with Gasteiger partial charge >= 0.3 is 0 Å². The molecule has 6 nitrogen and oxygen atoms in total. The molecule has 0 fully saturated rings. The Bertz CT molecular complexity index is 443. The van der Waals surface area contributed by atoms with Gasteiger partial charge < -0.3 is 16.0 Å². The molecule has 1 rings (SSSR count). The Labute approximate surface area is 114 Å². The van der Waals surface area contributed by atoms with E-state index in [4.69, 9.17) is 5.73 Å². The number of hydrogen-bond acceptors (Lipinski definition) is 5. The standard InChI is InChI=1S/C13H23N5O/c1-5-10-16-12(14)9(4)13(17-10)15-8-11(19)18(6-2)7-3/h5-8H2,1-4H3,(H3,14,15,16,17). The Hall–Kier alpha value is -1.85. The van der Waals surface area contributed by atoms with E-state index in [9.17, 15) is 4.79 Å². The molecule has 1 amide bonds. The normalized spacial score (nSPS) is 10.3. The Morgan fingerprint density at radius 3 is 2.42 bits per heavy atom. The quantitative estimate of drug-likeness (QED) is 0.807. The summed E-state index contributed by atoms with van der Waals surface area (Å²) in [6.45, 7) is 9.38. The number of nitrogens with one attached hydrogen (secondary N) is 1. The summed E-state index contributed by atoms with van der Waals surface area (Å²) < 4.78 is 0. The van der Waals surface area contributed by atoms with Gasteiger partial charge in [0.2, 0.25) is 5.91 Å². The molecule has 6 heteroatoms.